The van der Waals surface area contributed by atoms with E-state index < -0.39 is 0 Å². The molecule has 1 N–H and O–H groups in total. The quantitative estimate of drug-likeness (QED) is 0.926. The van der Waals surface area contributed by atoms with Gasteiger partial charge in [0, 0.05) is 11.3 Å². The highest BCUT2D eigenvalue weighted by Crippen LogP contribution is 2.11. The molecule has 0 atom stereocenters. The third-order valence-electron chi connectivity index (χ3n) is 3.00. The Labute approximate surface area is 122 Å². The van der Waals surface area contributed by atoms with Gasteiger partial charge < -0.3 is 10.1 Å². The van der Waals surface area contributed by atoms with Gasteiger partial charge in [-0.3, -0.25) is 9.59 Å². The maximum absolute atomic E-state index is 12.0. The topological polar surface area (TPSA) is 73.2 Å². The molecule has 0 bridgehead atoms. The molecule has 1 aromatic heterocycles. The van der Waals surface area contributed by atoms with E-state index in [0.29, 0.717) is 11.3 Å². The van der Waals surface area contributed by atoms with E-state index in [1.54, 1.807) is 38.3 Å². The lowest BCUT2D eigenvalue weighted by atomic mass is 10.2. The Kier molecular flexibility index (Phi) is 4.37. The Morgan fingerprint density at radius 3 is 2.43 bits per heavy atom. The van der Waals surface area contributed by atoms with Crippen LogP contribution in [0.2, 0.25) is 0 Å². The summed E-state index contributed by atoms with van der Waals surface area (Å²) in [7, 11) is 1.56. The number of methoxy groups -OCH3 is 1. The van der Waals surface area contributed by atoms with E-state index in [1.165, 1.54) is 4.68 Å². The van der Waals surface area contributed by atoms with Gasteiger partial charge in [0.05, 0.1) is 19.3 Å². The first-order valence-electron chi connectivity index (χ1n) is 6.50. The van der Waals surface area contributed by atoms with Crippen LogP contribution < -0.4 is 10.1 Å². The number of nitrogens with one attached hydrogen (secondary N) is 1. The summed E-state index contributed by atoms with van der Waals surface area (Å²) in [4.78, 5) is 23.9. The van der Waals surface area contributed by atoms with Crippen molar-refractivity contribution in [2.24, 2.45) is 0 Å². The number of amides is 1. The number of hydrogen-bond donors (Lipinski definition) is 1. The maximum atomic E-state index is 12.0. The highest BCUT2D eigenvalue weighted by Gasteiger charge is 2.12. The molecule has 2 rings (SSSR count). The predicted octanol–water partition coefficient (Wildman–Crippen LogP) is 1.58. The summed E-state index contributed by atoms with van der Waals surface area (Å²) < 4.78 is 6.32. The summed E-state index contributed by atoms with van der Waals surface area (Å²) in [6.07, 6.45) is 0. The fourth-order valence-electron chi connectivity index (χ4n) is 1.96. The Morgan fingerprint density at radius 2 is 1.90 bits per heavy atom. The van der Waals surface area contributed by atoms with Crippen LogP contribution in [0, 0.1) is 13.8 Å². The molecule has 2 aromatic rings. The maximum Gasteiger partial charge on any atom is 0.266 e. The number of hydrogen-bond acceptors (Lipinski definition) is 4. The van der Waals surface area contributed by atoms with Gasteiger partial charge in [-0.1, -0.05) is 0 Å². The minimum Gasteiger partial charge on any atom is -0.497 e. The average molecular weight is 287 g/mol. The largest absolute Gasteiger partial charge is 0.497 e. The second kappa shape index (κ2) is 6.21. The van der Waals surface area contributed by atoms with Crippen LogP contribution in [0.3, 0.4) is 0 Å². The number of rotatable bonds is 4. The lowest BCUT2D eigenvalue weighted by molar-refractivity contribution is 0.0848. The molecular weight excluding hydrogens is 270 g/mol. The summed E-state index contributed by atoms with van der Waals surface area (Å²) in [6.45, 7) is 3.50. The van der Waals surface area contributed by atoms with Crippen molar-refractivity contribution in [1.29, 1.82) is 0 Å². The number of aryl methyl sites for hydroxylation is 2. The zero-order chi connectivity index (χ0) is 15.4. The van der Waals surface area contributed by atoms with Gasteiger partial charge in [0.25, 0.3) is 11.8 Å². The molecule has 0 saturated heterocycles. The van der Waals surface area contributed by atoms with Crippen molar-refractivity contribution in [1.82, 2.24) is 15.1 Å². The third kappa shape index (κ3) is 3.47. The van der Waals surface area contributed by atoms with E-state index >= 15 is 0 Å². The van der Waals surface area contributed by atoms with Crippen LogP contribution in [0.1, 0.15) is 26.5 Å². The van der Waals surface area contributed by atoms with Crippen LogP contribution >= 0.6 is 0 Å². The van der Waals surface area contributed by atoms with Crippen molar-refractivity contribution in [2.45, 2.75) is 13.8 Å². The lowest BCUT2D eigenvalue weighted by Crippen LogP contribution is -2.33. The zero-order valence-electron chi connectivity index (χ0n) is 12.2. The molecule has 1 aromatic carbocycles. The van der Waals surface area contributed by atoms with E-state index in [0.717, 1.165) is 11.4 Å². The normalized spacial score (nSPS) is 10.2. The van der Waals surface area contributed by atoms with Gasteiger partial charge in [-0.15, -0.1) is 0 Å². The summed E-state index contributed by atoms with van der Waals surface area (Å²) in [5.41, 5.74) is 1.98. The zero-order valence-corrected chi connectivity index (χ0v) is 12.2. The molecule has 0 aliphatic heterocycles. The van der Waals surface area contributed by atoms with Crippen LogP contribution in [-0.4, -0.2) is 35.2 Å². The second-order valence-corrected chi connectivity index (χ2v) is 4.64. The van der Waals surface area contributed by atoms with Crippen LogP contribution in [0.25, 0.3) is 0 Å². The van der Waals surface area contributed by atoms with Crippen molar-refractivity contribution in [3.8, 4) is 5.75 Å². The highest BCUT2D eigenvalue weighted by atomic mass is 16.5. The predicted molar refractivity (Wildman–Crippen MR) is 77.7 cm³/mol. The fraction of sp³-hybridized carbons (Fsp3) is 0.267. The second-order valence-electron chi connectivity index (χ2n) is 4.64. The van der Waals surface area contributed by atoms with E-state index in [9.17, 15) is 9.59 Å². The first kappa shape index (κ1) is 14.8. The van der Waals surface area contributed by atoms with E-state index in [4.69, 9.17) is 4.74 Å². The molecule has 0 unspecified atom stereocenters. The SMILES string of the molecule is COc1ccc(C(=O)NCC(=O)n2nc(C)cc2C)cc1. The van der Waals surface area contributed by atoms with Gasteiger partial charge in [-0.05, 0) is 44.2 Å². The van der Waals surface area contributed by atoms with E-state index in [2.05, 4.69) is 10.4 Å². The van der Waals surface area contributed by atoms with Crippen LogP contribution in [0.5, 0.6) is 5.75 Å². The van der Waals surface area contributed by atoms with Gasteiger partial charge in [-0.2, -0.15) is 5.10 Å². The molecule has 0 spiro atoms. The summed E-state index contributed by atoms with van der Waals surface area (Å²) in [5, 5.41) is 6.66. The molecule has 1 amide bonds. The Morgan fingerprint density at radius 1 is 1.24 bits per heavy atom. The van der Waals surface area contributed by atoms with Gasteiger partial charge in [0.15, 0.2) is 0 Å². The smallest absolute Gasteiger partial charge is 0.266 e. The Hall–Kier alpha value is -2.63. The molecule has 6 heteroatoms. The number of benzene rings is 1. The molecule has 6 nitrogen and oxygen atoms in total. The van der Waals surface area contributed by atoms with Gasteiger partial charge >= 0.3 is 0 Å². The number of ether oxygens (including phenoxy) is 1. The first-order valence-corrected chi connectivity index (χ1v) is 6.50. The molecule has 110 valence electrons. The average Bonchev–Trinajstić information content (AvgIpc) is 2.83. The minimum absolute atomic E-state index is 0.104. The van der Waals surface area contributed by atoms with Crippen molar-refractivity contribution in [3.05, 3.63) is 47.3 Å². The van der Waals surface area contributed by atoms with Crippen molar-refractivity contribution < 1.29 is 14.3 Å². The van der Waals surface area contributed by atoms with Crippen LogP contribution in [0.4, 0.5) is 0 Å². The van der Waals surface area contributed by atoms with Crippen LogP contribution in [-0.2, 0) is 0 Å². The Balaban J connectivity index is 1.97. The molecule has 0 fully saturated rings. The highest BCUT2D eigenvalue weighted by molar-refractivity contribution is 5.96. The van der Waals surface area contributed by atoms with Gasteiger partial charge in [0.2, 0.25) is 0 Å². The van der Waals surface area contributed by atoms with Gasteiger partial charge in [0.1, 0.15) is 5.75 Å². The van der Waals surface area contributed by atoms with E-state index in [-0.39, 0.29) is 18.4 Å². The molecule has 0 radical (unpaired) electrons. The minimum atomic E-state index is -0.312. The third-order valence-corrected chi connectivity index (χ3v) is 3.00. The van der Waals surface area contributed by atoms with Gasteiger partial charge in [-0.25, -0.2) is 4.68 Å². The number of nitrogens with zero attached hydrogens (tertiary/aromatic N) is 2. The monoisotopic (exact) mass is 287 g/mol. The lowest BCUT2D eigenvalue weighted by Gasteiger charge is -2.06. The number of aromatic nitrogens is 2. The molecule has 21 heavy (non-hydrogen) atoms. The summed E-state index contributed by atoms with van der Waals surface area (Å²) in [6, 6.07) is 8.47. The molecule has 0 aliphatic rings. The molecule has 1 heterocycles. The summed E-state index contributed by atoms with van der Waals surface area (Å²) in [5.74, 6) is 0.0836. The van der Waals surface area contributed by atoms with E-state index in [1.807, 2.05) is 13.0 Å². The number of carbonyl (C=O) groups excluding carboxylic acids is 2. The Bertz CT molecular complexity index is 659. The van der Waals surface area contributed by atoms with Crippen molar-refractivity contribution >= 4 is 11.8 Å². The molecular formula is C15H17N3O3. The van der Waals surface area contributed by atoms with Crippen molar-refractivity contribution in [2.75, 3.05) is 13.7 Å². The molecule has 0 saturated carbocycles. The van der Waals surface area contributed by atoms with Crippen LogP contribution in [0.15, 0.2) is 30.3 Å². The fourth-order valence-corrected chi connectivity index (χ4v) is 1.96. The van der Waals surface area contributed by atoms with Crippen molar-refractivity contribution in [3.63, 3.8) is 0 Å². The number of carbonyl (C=O) groups is 2. The molecule has 0 aliphatic carbocycles. The first-order chi connectivity index (χ1) is 10.0. The summed E-state index contributed by atoms with van der Waals surface area (Å²) >= 11 is 0. The standard InChI is InChI=1S/C15H17N3O3/c1-10-8-11(2)18(17-10)14(19)9-16-15(20)12-4-6-13(21-3)7-5-12/h4-8H,9H2,1-3H3,(H,16,20).